The summed E-state index contributed by atoms with van der Waals surface area (Å²) < 4.78 is 12.1. The number of benzene rings is 2. The number of aromatic nitrogens is 3. The van der Waals surface area contributed by atoms with Gasteiger partial charge < -0.3 is 9.47 Å². The molecule has 4 rings (SSSR count). The van der Waals surface area contributed by atoms with E-state index in [1.807, 2.05) is 31.2 Å². The highest BCUT2D eigenvalue weighted by molar-refractivity contribution is 7.19. The summed E-state index contributed by atoms with van der Waals surface area (Å²) in [6, 6.07) is 14.4. The lowest BCUT2D eigenvalue weighted by molar-refractivity contribution is 0.0600. The molecule has 2 heterocycles. The van der Waals surface area contributed by atoms with Crippen LogP contribution in [0.3, 0.4) is 0 Å². The van der Waals surface area contributed by atoms with Gasteiger partial charge in [0.15, 0.2) is 5.52 Å². The first-order valence-electron chi connectivity index (χ1n) is 9.20. The smallest absolute Gasteiger partial charge is 0.337 e. The summed E-state index contributed by atoms with van der Waals surface area (Å²) >= 11 is 1.45. The third-order valence-corrected chi connectivity index (χ3v) is 5.66. The summed E-state index contributed by atoms with van der Waals surface area (Å²) in [7, 11) is 2.95. The third-order valence-electron chi connectivity index (χ3n) is 4.68. The second-order valence-electron chi connectivity index (χ2n) is 6.64. The van der Waals surface area contributed by atoms with E-state index in [0.29, 0.717) is 16.8 Å². The fourth-order valence-electron chi connectivity index (χ4n) is 3.15. The largest absolute Gasteiger partial charge is 0.497 e. The molecule has 2 aromatic carbocycles. The van der Waals surface area contributed by atoms with Crippen molar-refractivity contribution in [1.82, 2.24) is 14.8 Å². The van der Waals surface area contributed by atoms with Crippen LogP contribution in [-0.4, -0.2) is 35.0 Å². The Morgan fingerprint density at radius 2 is 1.77 bits per heavy atom. The highest BCUT2D eigenvalue weighted by Gasteiger charge is 2.17. The quantitative estimate of drug-likeness (QED) is 0.457. The zero-order chi connectivity index (χ0) is 21.3. The molecule has 0 N–H and O–H groups in total. The molecule has 0 atom stereocenters. The molecule has 0 bridgehead atoms. The van der Waals surface area contributed by atoms with Gasteiger partial charge in [-0.1, -0.05) is 12.1 Å². The van der Waals surface area contributed by atoms with E-state index in [1.54, 1.807) is 31.4 Å². The van der Waals surface area contributed by atoms with Crippen molar-refractivity contribution in [2.75, 3.05) is 14.2 Å². The molecule has 152 valence electrons. The molecule has 0 unspecified atom stereocenters. The highest BCUT2D eigenvalue weighted by atomic mass is 32.1. The van der Waals surface area contributed by atoms with Gasteiger partial charge in [0.2, 0.25) is 0 Å². The summed E-state index contributed by atoms with van der Waals surface area (Å²) in [6.45, 7) is 2.13. The van der Waals surface area contributed by atoms with Gasteiger partial charge >= 0.3 is 5.97 Å². The molecule has 4 aromatic rings. The molecule has 2 aromatic heterocycles. The fourth-order valence-corrected chi connectivity index (χ4v) is 4.07. The number of hydrogen-bond acceptors (Lipinski definition) is 7. The summed E-state index contributed by atoms with van der Waals surface area (Å²) in [5.41, 5.74) is 3.02. The first kappa shape index (κ1) is 19.8. The number of nitrogens with zero attached hydrogens (tertiary/aromatic N) is 3. The molecular formula is C22H19N3O4S. The van der Waals surface area contributed by atoms with Gasteiger partial charge in [-0.2, -0.15) is 5.10 Å². The summed E-state index contributed by atoms with van der Waals surface area (Å²) in [5.74, 6) is 0.340. The fraction of sp³-hybridized carbons (Fsp3) is 0.182. The van der Waals surface area contributed by atoms with E-state index in [9.17, 15) is 9.59 Å². The van der Waals surface area contributed by atoms with Gasteiger partial charge in [-0.25, -0.2) is 14.5 Å². The van der Waals surface area contributed by atoms with Crippen molar-refractivity contribution in [3.63, 3.8) is 0 Å². The van der Waals surface area contributed by atoms with Crippen molar-refractivity contribution in [3.05, 3.63) is 75.0 Å². The average molecular weight is 421 g/mol. The minimum absolute atomic E-state index is 0.247. The normalized spacial score (nSPS) is 10.9. The minimum atomic E-state index is -0.405. The van der Waals surface area contributed by atoms with Crippen LogP contribution < -0.4 is 10.3 Å². The van der Waals surface area contributed by atoms with Gasteiger partial charge in [0.1, 0.15) is 11.4 Å². The number of carbonyl (C=O) groups is 1. The van der Waals surface area contributed by atoms with Gasteiger partial charge in [-0.3, -0.25) is 4.79 Å². The number of aryl methyl sites for hydroxylation is 1. The second kappa shape index (κ2) is 8.08. The zero-order valence-corrected chi connectivity index (χ0v) is 17.5. The van der Waals surface area contributed by atoms with E-state index in [-0.39, 0.29) is 12.1 Å². The third kappa shape index (κ3) is 3.69. The summed E-state index contributed by atoms with van der Waals surface area (Å²) in [5, 5.41) is 5.46. The molecule has 0 saturated carbocycles. The van der Waals surface area contributed by atoms with Gasteiger partial charge in [0, 0.05) is 5.56 Å². The zero-order valence-electron chi connectivity index (χ0n) is 16.7. The van der Waals surface area contributed by atoms with Crippen molar-refractivity contribution in [2.45, 2.75) is 13.5 Å². The van der Waals surface area contributed by atoms with Crippen molar-refractivity contribution in [3.8, 4) is 17.0 Å². The lowest BCUT2D eigenvalue weighted by Crippen LogP contribution is -2.24. The SMILES string of the molecule is COC(=O)c1ccc(Cn2nc(-c3ccc(OC)cc3)c3sc(C)nc3c2=O)cc1. The van der Waals surface area contributed by atoms with Crippen molar-refractivity contribution >= 4 is 27.5 Å². The number of thiazole rings is 1. The molecule has 0 fully saturated rings. The Morgan fingerprint density at radius 3 is 2.40 bits per heavy atom. The molecule has 0 amide bonds. The lowest BCUT2D eigenvalue weighted by Gasteiger charge is -2.10. The van der Waals surface area contributed by atoms with Crippen LogP contribution in [0, 0.1) is 6.92 Å². The van der Waals surface area contributed by atoms with E-state index in [1.165, 1.54) is 23.1 Å². The number of methoxy groups -OCH3 is 2. The van der Waals surface area contributed by atoms with Crippen molar-refractivity contribution < 1.29 is 14.3 Å². The van der Waals surface area contributed by atoms with Crippen LogP contribution in [0.2, 0.25) is 0 Å². The van der Waals surface area contributed by atoms with Crippen LogP contribution in [0.15, 0.2) is 53.3 Å². The predicted molar refractivity (Wildman–Crippen MR) is 115 cm³/mol. The van der Waals surface area contributed by atoms with Crippen molar-refractivity contribution in [2.24, 2.45) is 0 Å². The average Bonchev–Trinajstić information content (AvgIpc) is 3.17. The monoisotopic (exact) mass is 421 g/mol. The maximum atomic E-state index is 13.0. The molecule has 0 aliphatic heterocycles. The number of fused-ring (bicyclic) bond motifs is 1. The molecule has 8 heteroatoms. The molecule has 0 aliphatic carbocycles. The Balaban J connectivity index is 1.79. The van der Waals surface area contributed by atoms with Crippen LogP contribution in [0.4, 0.5) is 0 Å². The van der Waals surface area contributed by atoms with E-state index < -0.39 is 5.97 Å². The first-order valence-corrected chi connectivity index (χ1v) is 10.0. The number of carbonyl (C=O) groups excluding carboxylic acids is 1. The van der Waals surface area contributed by atoms with Gasteiger partial charge in [0.25, 0.3) is 5.56 Å². The van der Waals surface area contributed by atoms with Gasteiger partial charge in [-0.05, 0) is 48.9 Å². The van der Waals surface area contributed by atoms with Crippen molar-refractivity contribution in [1.29, 1.82) is 0 Å². The molecule has 30 heavy (non-hydrogen) atoms. The van der Waals surface area contributed by atoms with Crippen LogP contribution in [0.25, 0.3) is 21.5 Å². The highest BCUT2D eigenvalue weighted by Crippen LogP contribution is 2.30. The molecule has 0 aliphatic rings. The lowest BCUT2D eigenvalue weighted by atomic mass is 10.1. The molecule has 0 radical (unpaired) electrons. The van der Waals surface area contributed by atoms with Crippen LogP contribution in [0.5, 0.6) is 5.75 Å². The summed E-state index contributed by atoms with van der Waals surface area (Å²) in [4.78, 5) is 29.1. The molecule has 7 nitrogen and oxygen atoms in total. The van der Waals surface area contributed by atoms with Crippen LogP contribution in [0.1, 0.15) is 20.9 Å². The van der Waals surface area contributed by atoms with Gasteiger partial charge in [0.05, 0.1) is 36.0 Å². The number of hydrogen-bond donors (Lipinski definition) is 0. The topological polar surface area (TPSA) is 83.3 Å². The van der Waals surface area contributed by atoms with E-state index in [4.69, 9.17) is 9.47 Å². The maximum absolute atomic E-state index is 13.0. The Morgan fingerprint density at radius 1 is 1.07 bits per heavy atom. The maximum Gasteiger partial charge on any atom is 0.337 e. The molecule has 0 saturated heterocycles. The van der Waals surface area contributed by atoms with E-state index in [2.05, 4.69) is 10.1 Å². The van der Waals surface area contributed by atoms with Crippen LogP contribution >= 0.6 is 11.3 Å². The predicted octanol–water partition coefficient (Wildman–Crippen LogP) is 3.67. The Bertz CT molecular complexity index is 1270. The molecule has 0 spiro atoms. The number of ether oxygens (including phenoxy) is 2. The minimum Gasteiger partial charge on any atom is -0.497 e. The van der Waals surface area contributed by atoms with E-state index >= 15 is 0 Å². The number of rotatable bonds is 5. The Hall–Kier alpha value is -3.52. The second-order valence-corrected chi connectivity index (χ2v) is 7.84. The van der Waals surface area contributed by atoms with Crippen LogP contribution in [-0.2, 0) is 11.3 Å². The molecular weight excluding hydrogens is 402 g/mol. The van der Waals surface area contributed by atoms with Gasteiger partial charge in [-0.15, -0.1) is 11.3 Å². The Kier molecular flexibility index (Phi) is 5.33. The number of esters is 1. The summed E-state index contributed by atoms with van der Waals surface area (Å²) in [6.07, 6.45) is 0. The Labute approximate surface area is 176 Å². The first-order chi connectivity index (χ1) is 14.5. The standard InChI is InChI=1S/C22H19N3O4S/c1-13-23-19-20(30-13)18(15-8-10-17(28-2)11-9-15)24-25(21(19)26)12-14-4-6-16(7-5-14)22(27)29-3/h4-11H,12H2,1-3H3. The van der Waals surface area contributed by atoms with E-state index in [0.717, 1.165) is 26.6 Å².